The molecule has 7 heteroatoms. The van der Waals surface area contributed by atoms with E-state index in [0.717, 1.165) is 31.4 Å². The van der Waals surface area contributed by atoms with Crippen LogP contribution < -0.4 is 4.84 Å². The minimum absolute atomic E-state index is 0.0122. The summed E-state index contributed by atoms with van der Waals surface area (Å²) >= 11 is 11.5. The Bertz CT molecular complexity index is 516. The molecule has 0 aliphatic heterocycles. The second kappa shape index (κ2) is 13.3. The van der Waals surface area contributed by atoms with Crippen LogP contribution in [-0.4, -0.2) is 20.7 Å². The topological polar surface area (TPSA) is 60.3 Å². The SMILES string of the molecule is Clc1nc(Cl)nc(ON=C2CCCCCCCCCCCCCCC2)n1. The summed E-state index contributed by atoms with van der Waals surface area (Å²) in [6, 6.07) is 0.0506. The molecule has 5 nitrogen and oxygen atoms in total. The lowest BCUT2D eigenvalue weighted by atomic mass is 10.0. The van der Waals surface area contributed by atoms with Gasteiger partial charge in [-0.25, -0.2) is 0 Å². The van der Waals surface area contributed by atoms with Crippen molar-refractivity contribution in [2.45, 2.75) is 96.3 Å². The summed E-state index contributed by atoms with van der Waals surface area (Å²) in [6.07, 6.45) is 19.0. The van der Waals surface area contributed by atoms with Crippen molar-refractivity contribution < 1.29 is 4.84 Å². The maximum Gasteiger partial charge on any atom is 0.351 e. The Kier molecular flexibility index (Phi) is 10.9. The van der Waals surface area contributed by atoms with E-state index in [9.17, 15) is 0 Å². The van der Waals surface area contributed by atoms with Gasteiger partial charge in [0.2, 0.25) is 10.6 Å². The minimum Gasteiger partial charge on any atom is -0.315 e. The molecule has 0 aromatic carbocycles. The highest BCUT2D eigenvalue weighted by atomic mass is 35.5. The summed E-state index contributed by atoms with van der Waals surface area (Å²) < 4.78 is 0. The van der Waals surface area contributed by atoms with Gasteiger partial charge in [-0.3, -0.25) is 0 Å². The quantitative estimate of drug-likeness (QED) is 0.513. The van der Waals surface area contributed by atoms with E-state index < -0.39 is 0 Å². The van der Waals surface area contributed by atoms with Crippen molar-refractivity contribution in [3.63, 3.8) is 0 Å². The molecule has 0 unspecified atom stereocenters. The summed E-state index contributed by atoms with van der Waals surface area (Å²) in [4.78, 5) is 16.9. The molecule has 1 aromatic rings. The summed E-state index contributed by atoms with van der Waals surface area (Å²) in [5.41, 5.74) is 1.07. The molecule has 1 heterocycles. The van der Waals surface area contributed by atoms with E-state index in [2.05, 4.69) is 20.1 Å². The van der Waals surface area contributed by atoms with Gasteiger partial charge < -0.3 is 4.84 Å². The van der Waals surface area contributed by atoms with E-state index in [4.69, 9.17) is 28.0 Å². The van der Waals surface area contributed by atoms with Crippen LogP contribution in [0.25, 0.3) is 0 Å². The molecular formula is C19H30Cl2N4O. The van der Waals surface area contributed by atoms with Crippen molar-refractivity contribution in [3.05, 3.63) is 10.6 Å². The van der Waals surface area contributed by atoms with Crippen molar-refractivity contribution >= 4 is 28.9 Å². The second-order valence-electron chi connectivity index (χ2n) is 7.00. The first-order valence-electron chi connectivity index (χ1n) is 10.0. The molecule has 0 radical (unpaired) electrons. The van der Waals surface area contributed by atoms with Gasteiger partial charge in [0.25, 0.3) is 0 Å². The minimum atomic E-state index is 0.0122. The summed E-state index contributed by atoms with van der Waals surface area (Å²) in [7, 11) is 0. The largest absolute Gasteiger partial charge is 0.351 e. The molecule has 2 rings (SSSR count). The predicted octanol–water partition coefficient (Wildman–Crippen LogP) is 6.78. The van der Waals surface area contributed by atoms with Crippen LogP contribution in [0.2, 0.25) is 10.6 Å². The molecule has 1 saturated carbocycles. The average molecular weight is 401 g/mol. The van der Waals surface area contributed by atoms with E-state index in [1.165, 1.54) is 70.6 Å². The van der Waals surface area contributed by atoms with Crippen molar-refractivity contribution in [2.24, 2.45) is 5.16 Å². The smallest absolute Gasteiger partial charge is 0.315 e. The summed E-state index contributed by atoms with van der Waals surface area (Å²) in [5.74, 6) is 0. The van der Waals surface area contributed by atoms with E-state index in [0.29, 0.717) is 0 Å². The third-order valence-corrected chi connectivity index (χ3v) is 5.09. The predicted molar refractivity (Wildman–Crippen MR) is 107 cm³/mol. The molecule has 0 atom stereocenters. The van der Waals surface area contributed by atoms with Crippen LogP contribution in [0.3, 0.4) is 0 Å². The van der Waals surface area contributed by atoms with Crippen LogP contribution in [0.5, 0.6) is 6.01 Å². The van der Waals surface area contributed by atoms with Gasteiger partial charge in [0.15, 0.2) is 0 Å². The van der Waals surface area contributed by atoms with Crippen molar-refractivity contribution in [3.8, 4) is 6.01 Å². The van der Waals surface area contributed by atoms with Gasteiger partial charge in [-0.05, 0) is 48.9 Å². The Balaban J connectivity index is 1.87. The number of halogens is 2. The third kappa shape index (κ3) is 9.67. The zero-order valence-corrected chi connectivity index (χ0v) is 17.1. The second-order valence-corrected chi connectivity index (χ2v) is 7.68. The summed E-state index contributed by atoms with van der Waals surface area (Å²) in [5, 5.41) is 4.31. The lowest BCUT2D eigenvalue weighted by Gasteiger charge is -2.08. The van der Waals surface area contributed by atoms with Crippen LogP contribution in [0.4, 0.5) is 0 Å². The van der Waals surface area contributed by atoms with Crippen LogP contribution in [0, 0.1) is 0 Å². The molecule has 0 spiro atoms. The van der Waals surface area contributed by atoms with Crippen LogP contribution in [0.1, 0.15) is 96.3 Å². The van der Waals surface area contributed by atoms with Gasteiger partial charge >= 0.3 is 6.01 Å². The fourth-order valence-corrected chi connectivity index (χ4v) is 3.62. The lowest BCUT2D eigenvalue weighted by Crippen LogP contribution is -2.04. The highest BCUT2D eigenvalue weighted by molar-refractivity contribution is 6.31. The van der Waals surface area contributed by atoms with Gasteiger partial charge in [0.1, 0.15) is 0 Å². The fourth-order valence-electron chi connectivity index (χ4n) is 3.27. The molecule has 1 fully saturated rings. The van der Waals surface area contributed by atoms with Gasteiger partial charge in [0, 0.05) is 0 Å². The fraction of sp³-hybridized carbons (Fsp3) is 0.789. The molecule has 0 N–H and O–H groups in total. The van der Waals surface area contributed by atoms with E-state index >= 15 is 0 Å². The van der Waals surface area contributed by atoms with Gasteiger partial charge in [0.05, 0.1) is 5.71 Å². The molecular weight excluding hydrogens is 371 g/mol. The Labute approximate surface area is 166 Å². The molecule has 26 heavy (non-hydrogen) atoms. The van der Waals surface area contributed by atoms with E-state index in [-0.39, 0.29) is 16.6 Å². The molecule has 0 saturated heterocycles. The van der Waals surface area contributed by atoms with Crippen LogP contribution in [0.15, 0.2) is 5.16 Å². The van der Waals surface area contributed by atoms with Crippen LogP contribution in [-0.2, 0) is 0 Å². The van der Waals surface area contributed by atoms with Crippen LogP contribution >= 0.6 is 23.2 Å². The normalized spacial score (nSPS) is 19.1. The number of aromatic nitrogens is 3. The maximum atomic E-state index is 5.77. The maximum absolute atomic E-state index is 5.77. The third-order valence-electron chi connectivity index (χ3n) is 4.75. The zero-order valence-electron chi connectivity index (χ0n) is 15.6. The van der Waals surface area contributed by atoms with Crippen molar-refractivity contribution in [2.75, 3.05) is 0 Å². The number of oxime groups is 1. The standard InChI is InChI=1S/C19H30Cl2N4O/c20-17-22-18(21)24-19(23-17)26-25-16-14-12-10-8-6-4-2-1-3-5-7-9-11-13-15-16/h1-15H2. The number of rotatable bonds is 2. The van der Waals surface area contributed by atoms with E-state index in [1.54, 1.807) is 0 Å². The Morgan fingerprint density at radius 3 is 1.38 bits per heavy atom. The monoisotopic (exact) mass is 400 g/mol. The van der Waals surface area contributed by atoms with Crippen molar-refractivity contribution in [1.29, 1.82) is 0 Å². The number of nitrogens with zero attached hydrogens (tertiary/aromatic N) is 4. The molecule has 146 valence electrons. The van der Waals surface area contributed by atoms with E-state index in [1.807, 2.05) is 0 Å². The first-order valence-corrected chi connectivity index (χ1v) is 10.8. The first kappa shape index (κ1) is 21.4. The molecule has 1 aliphatic rings. The van der Waals surface area contributed by atoms with Gasteiger partial charge in [-0.1, -0.05) is 75.8 Å². The molecule has 0 amide bonds. The molecule has 1 aliphatic carbocycles. The average Bonchev–Trinajstić information content (AvgIpc) is 2.60. The highest BCUT2D eigenvalue weighted by Gasteiger charge is 2.07. The number of hydrogen-bond donors (Lipinski definition) is 0. The van der Waals surface area contributed by atoms with Gasteiger partial charge in [-0.15, -0.1) is 0 Å². The molecule has 0 bridgehead atoms. The highest BCUT2D eigenvalue weighted by Crippen LogP contribution is 2.17. The first-order chi connectivity index (χ1) is 12.7. The Morgan fingerprint density at radius 2 is 0.962 bits per heavy atom. The Morgan fingerprint density at radius 1 is 0.577 bits per heavy atom. The lowest BCUT2D eigenvalue weighted by molar-refractivity contribution is 0.308. The molecule has 1 aromatic heterocycles. The number of hydrogen-bond acceptors (Lipinski definition) is 5. The van der Waals surface area contributed by atoms with Crippen molar-refractivity contribution in [1.82, 2.24) is 15.0 Å². The zero-order chi connectivity index (χ0) is 18.5. The summed E-state index contributed by atoms with van der Waals surface area (Å²) in [6.45, 7) is 0. The Hall–Kier alpha value is -0.940. The van der Waals surface area contributed by atoms with Gasteiger partial charge in [-0.2, -0.15) is 15.0 Å².